The molecule has 19 heteroatoms. The number of hydrogen-bond acceptors (Lipinski definition) is 10. The highest BCUT2D eigenvalue weighted by molar-refractivity contribution is 6.40. The zero-order valence-electron chi connectivity index (χ0n) is 37.3. The highest BCUT2D eigenvalue weighted by Crippen LogP contribution is 2.36. The number of carbonyl (C=O) groups excluding carboxylic acids is 1. The number of imidazole rings is 2. The lowest BCUT2D eigenvalue weighted by Crippen LogP contribution is -2.41. The third kappa shape index (κ3) is 9.21. The van der Waals surface area contributed by atoms with Gasteiger partial charge in [0, 0.05) is 58.2 Å². The Morgan fingerprint density at radius 1 is 0.642 bits per heavy atom. The van der Waals surface area contributed by atoms with Crippen LogP contribution in [0.3, 0.4) is 0 Å². The number of anilines is 4. The highest BCUT2D eigenvalue weighted by atomic mass is 35.5. The Labute approximate surface area is 404 Å². The van der Waals surface area contributed by atoms with Gasteiger partial charge in [-0.25, -0.2) is 9.97 Å². The number of H-pyrrole nitrogens is 2. The third-order valence-corrected chi connectivity index (χ3v) is 13.8. The molecule has 4 aromatic heterocycles. The number of nitrogens with one attached hydrogen (secondary N) is 4. The molecular formula is C48H48Cl4N10O5. The molecule has 2 aliphatic rings. The molecular weight excluding hydrogens is 938 g/mol. The van der Waals surface area contributed by atoms with Crippen LogP contribution in [0.25, 0.3) is 43.6 Å². The summed E-state index contributed by atoms with van der Waals surface area (Å²) in [6.07, 6.45) is 1.05. The molecule has 0 aliphatic carbocycles. The van der Waals surface area contributed by atoms with E-state index in [1.807, 2.05) is 56.8 Å². The number of carbonyl (C=O) groups is 1. The maximum Gasteiger partial charge on any atom is 0.258 e. The van der Waals surface area contributed by atoms with E-state index < -0.39 is 0 Å². The molecule has 6 heterocycles. The maximum atomic E-state index is 13.1. The SMILES string of the molecule is Cc1[nH]c(=O)c2c(ccc3nc(Nc4c(Cl)cccc4Cl)n(C)c32)c1CC(=O)N1CCOCC1.Cc1[nH]c(=O)c2c(ccc3nc(Nc4c(Cl)cccc4Cl)n(C)c32)c1CCN1CCOCC1. The van der Waals surface area contributed by atoms with Crippen LogP contribution >= 0.6 is 46.4 Å². The summed E-state index contributed by atoms with van der Waals surface area (Å²) < 4.78 is 14.5. The molecule has 0 saturated carbocycles. The largest absolute Gasteiger partial charge is 0.379 e. The van der Waals surface area contributed by atoms with Gasteiger partial charge in [-0.1, -0.05) is 70.7 Å². The molecule has 2 fully saturated rings. The van der Waals surface area contributed by atoms with Crippen molar-refractivity contribution in [1.82, 2.24) is 38.9 Å². The lowest BCUT2D eigenvalue weighted by atomic mass is 10.00. The second kappa shape index (κ2) is 19.5. The number of pyridine rings is 2. The van der Waals surface area contributed by atoms with Crippen LogP contribution in [-0.2, 0) is 41.2 Å². The number of halogens is 4. The first-order valence-electron chi connectivity index (χ1n) is 21.9. The summed E-state index contributed by atoms with van der Waals surface area (Å²) in [4.78, 5) is 58.8. The van der Waals surface area contributed by atoms with Crippen molar-refractivity contribution < 1.29 is 14.3 Å². The number of aromatic amines is 2. The number of aryl methyl sites for hydroxylation is 4. The lowest BCUT2D eigenvalue weighted by Gasteiger charge is -2.27. The Bertz CT molecular complexity index is 3290. The normalized spacial score (nSPS) is 14.5. The van der Waals surface area contributed by atoms with E-state index in [0.717, 1.165) is 77.9 Å². The second-order valence-corrected chi connectivity index (χ2v) is 18.3. The number of rotatable bonds is 9. The Hall–Kier alpha value is -5.65. The number of para-hydroxylation sites is 2. The Morgan fingerprint density at radius 3 is 1.55 bits per heavy atom. The number of benzene rings is 4. The topological polar surface area (TPSA) is 167 Å². The summed E-state index contributed by atoms with van der Waals surface area (Å²) in [5, 5.41) is 11.2. The van der Waals surface area contributed by atoms with Crippen LogP contribution in [0.15, 0.2) is 70.3 Å². The monoisotopic (exact) mass is 984 g/mol. The van der Waals surface area contributed by atoms with E-state index in [-0.39, 0.29) is 23.4 Å². The Morgan fingerprint density at radius 2 is 1.07 bits per heavy atom. The van der Waals surface area contributed by atoms with Crippen LogP contribution in [-0.4, -0.2) is 104 Å². The van der Waals surface area contributed by atoms with E-state index in [2.05, 4.69) is 30.5 Å². The summed E-state index contributed by atoms with van der Waals surface area (Å²) in [5.74, 6) is 1.06. The van der Waals surface area contributed by atoms with Crippen molar-refractivity contribution in [3.8, 4) is 0 Å². The molecule has 2 aliphatic heterocycles. The number of morpholine rings is 2. The lowest BCUT2D eigenvalue weighted by molar-refractivity contribution is -0.134. The van der Waals surface area contributed by atoms with Gasteiger partial charge in [0.1, 0.15) is 0 Å². The molecule has 0 radical (unpaired) electrons. The first-order chi connectivity index (χ1) is 32.3. The summed E-state index contributed by atoms with van der Waals surface area (Å²) in [6, 6.07) is 18.3. The van der Waals surface area contributed by atoms with Gasteiger partial charge in [-0.15, -0.1) is 0 Å². The predicted molar refractivity (Wildman–Crippen MR) is 269 cm³/mol. The van der Waals surface area contributed by atoms with E-state index in [1.165, 1.54) is 0 Å². The minimum Gasteiger partial charge on any atom is -0.379 e. The number of ether oxygens (including phenoxy) is 2. The molecule has 4 aromatic carbocycles. The van der Waals surface area contributed by atoms with E-state index in [9.17, 15) is 14.4 Å². The quantitative estimate of drug-likeness (QED) is 0.110. The molecule has 2 saturated heterocycles. The molecule has 15 nitrogen and oxygen atoms in total. The summed E-state index contributed by atoms with van der Waals surface area (Å²) in [7, 11) is 3.70. The van der Waals surface area contributed by atoms with Gasteiger partial charge in [0.15, 0.2) is 0 Å². The Balaban J connectivity index is 0.000000168. The third-order valence-electron chi connectivity index (χ3n) is 12.6. The van der Waals surface area contributed by atoms with Gasteiger partial charge in [-0.3, -0.25) is 19.3 Å². The molecule has 0 atom stereocenters. The predicted octanol–water partition coefficient (Wildman–Crippen LogP) is 8.82. The average Bonchev–Trinajstić information content (AvgIpc) is 3.81. The number of amides is 1. The van der Waals surface area contributed by atoms with Crippen LogP contribution in [0.1, 0.15) is 22.5 Å². The van der Waals surface area contributed by atoms with Crippen LogP contribution in [0.5, 0.6) is 0 Å². The van der Waals surface area contributed by atoms with E-state index >= 15 is 0 Å². The molecule has 0 spiro atoms. The molecule has 0 bridgehead atoms. The zero-order chi connectivity index (χ0) is 47.1. The number of hydrogen-bond donors (Lipinski definition) is 4. The molecule has 10 rings (SSSR count). The first kappa shape index (κ1) is 46.5. The van der Waals surface area contributed by atoms with Gasteiger partial charge in [0.25, 0.3) is 11.1 Å². The van der Waals surface area contributed by atoms with Crippen LogP contribution in [0.4, 0.5) is 23.3 Å². The van der Waals surface area contributed by atoms with Crippen molar-refractivity contribution in [3.63, 3.8) is 0 Å². The molecule has 0 unspecified atom stereocenters. The minimum atomic E-state index is -0.231. The van der Waals surface area contributed by atoms with Crippen molar-refractivity contribution in [1.29, 1.82) is 0 Å². The number of nitrogens with zero attached hydrogens (tertiary/aromatic N) is 6. The smallest absolute Gasteiger partial charge is 0.258 e. The average molecular weight is 987 g/mol. The van der Waals surface area contributed by atoms with Crippen molar-refractivity contribution in [2.24, 2.45) is 14.1 Å². The van der Waals surface area contributed by atoms with Gasteiger partial charge < -0.3 is 44.1 Å². The fourth-order valence-corrected chi connectivity index (χ4v) is 9.98. The fourth-order valence-electron chi connectivity index (χ4n) is 9.00. The molecule has 1 amide bonds. The van der Waals surface area contributed by atoms with Crippen LogP contribution in [0.2, 0.25) is 20.1 Å². The van der Waals surface area contributed by atoms with Gasteiger partial charge in [0.05, 0.1) is 97.2 Å². The summed E-state index contributed by atoms with van der Waals surface area (Å²) >= 11 is 25.3. The fraction of sp³-hybridized carbons (Fsp3) is 0.312. The van der Waals surface area contributed by atoms with Gasteiger partial charge in [-0.05, 0) is 78.6 Å². The van der Waals surface area contributed by atoms with Crippen molar-refractivity contribution in [2.75, 3.05) is 69.8 Å². The van der Waals surface area contributed by atoms with Crippen molar-refractivity contribution in [2.45, 2.75) is 26.7 Å². The Kier molecular flexibility index (Phi) is 13.5. The highest BCUT2D eigenvalue weighted by Gasteiger charge is 2.24. The van der Waals surface area contributed by atoms with Crippen molar-refractivity contribution in [3.05, 3.63) is 124 Å². The standard InChI is InChI=1S/C24H23Cl2N5O3.C24H25Cl2N5O2/c1-13-15(12-19(32)31-8-10-34-11-9-31)14-6-7-18-22(20(14)23(33)27-13)30(2)24(28-18)29-21-16(25)4-3-5-17(21)26;1-14-15(8-9-31-10-12-33-13-11-31)16-6-7-19-22(20(16)23(32)27-14)30(2)24(28-19)29-21-17(25)4-3-5-18(21)26/h3-7H,8-12H2,1-2H3,(H,27,33)(H,28,29);3-7H,8-13H2,1-2H3,(H,27,32)(H,28,29). The van der Waals surface area contributed by atoms with Crippen LogP contribution < -0.4 is 21.8 Å². The summed E-state index contributed by atoms with van der Waals surface area (Å²) in [6.45, 7) is 10.4. The first-order valence-corrected chi connectivity index (χ1v) is 23.4. The minimum absolute atomic E-state index is 0.0144. The summed E-state index contributed by atoms with van der Waals surface area (Å²) in [5.41, 5.74) is 7.11. The van der Waals surface area contributed by atoms with Crippen LogP contribution in [0, 0.1) is 13.8 Å². The van der Waals surface area contributed by atoms with Crippen molar-refractivity contribution >= 4 is 119 Å². The molecule has 4 N–H and O–H groups in total. The van der Waals surface area contributed by atoms with E-state index in [1.54, 1.807) is 45.9 Å². The maximum absolute atomic E-state index is 13.1. The molecule has 348 valence electrons. The van der Waals surface area contributed by atoms with Gasteiger partial charge >= 0.3 is 0 Å². The molecule has 8 aromatic rings. The van der Waals surface area contributed by atoms with Gasteiger partial charge in [-0.2, -0.15) is 0 Å². The number of fused-ring (bicyclic) bond motifs is 6. The molecule has 67 heavy (non-hydrogen) atoms. The van der Waals surface area contributed by atoms with E-state index in [4.69, 9.17) is 60.9 Å². The number of aromatic nitrogens is 6. The van der Waals surface area contributed by atoms with E-state index in [0.29, 0.717) is 97.2 Å². The zero-order valence-corrected chi connectivity index (χ0v) is 40.3. The van der Waals surface area contributed by atoms with Gasteiger partial charge in [0.2, 0.25) is 17.8 Å². The second-order valence-electron chi connectivity index (χ2n) is 16.6.